The Morgan fingerprint density at radius 3 is 1.89 bits per heavy atom. The topological polar surface area (TPSA) is 150 Å². The molecule has 4 aromatic rings. The van der Waals surface area contributed by atoms with E-state index in [9.17, 15) is 21.6 Å². The Bertz CT molecular complexity index is 1880. The molecule has 2 N–H and O–H groups in total. The number of amides is 1. The first-order chi connectivity index (χ1) is 21.4. The van der Waals surface area contributed by atoms with Crippen LogP contribution in [-0.4, -0.2) is 57.7 Å². The van der Waals surface area contributed by atoms with Crippen LogP contribution >= 0.6 is 0 Å². The minimum atomic E-state index is -4.25. The number of benzene rings is 4. The van der Waals surface area contributed by atoms with E-state index in [0.29, 0.717) is 17.2 Å². The normalized spacial score (nSPS) is 11.3. The number of hydrogen-bond acceptors (Lipinski definition) is 9. The lowest BCUT2D eigenvalue weighted by atomic mass is 10.2. The summed E-state index contributed by atoms with van der Waals surface area (Å²) in [5.41, 5.74) is 1.61. The van der Waals surface area contributed by atoms with Gasteiger partial charge in [0, 0.05) is 17.8 Å². The Balaban J connectivity index is 1.56. The molecule has 0 aromatic heterocycles. The lowest BCUT2D eigenvalue weighted by Gasteiger charge is -2.24. The van der Waals surface area contributed by atoms with Crippen LogP contribution in [0.5, 0.6) is 23.0 Å². The van der Waals surface area contributed by atoms with Crippen molar-refractivity contribution in [1.29, 1.82) is 0 Å². The summed E-state index contributed by atoms with van der Waals surface area (Å²) in [7, 11) is -2.59. The highest BCUT2D eigenvalue weighted by Gasteiger charge is 2.28. The van der Waals surface area contributed by atoms with E-state index in [1.165, 1.54) is 77.0 Å². The van der Waals surface area contributed by atoms with E-state index in [0.717, 1.165) is 9.87 Å². The molecule has 4 aromatic carbocycles. The van der Waals surface area contributed by atoms with Gasteiger partial charge in [0.25, 0.3) is 20.0 Å². The average Bonchev–Trinajstić information content (AvgIpc) is 3.03. The lowest BCUT2D eigenvalue weighted by Crippen LogP contribution is -2.38. The summed E-state index contributed by atoms with van der Waals surface area (Å²) in [5.74, 6) is 0.624. The van der Waals surface area contributed by atoms with Crippen molar-refractivity contribution in [2.75, 3.05) is 49.3 Å². The van der Waals surface area contributed by atoms with Crippen molar-refractivity contribution >= 4 is 43.0 Å². The largest absolute Gasteiger partial charge is 0.497 e. The molecule has 0 saturated carbocycles. The Morgan fingerprint density at radius 1 is 0.689 bits per heavy atom. The number of aryl methyl sites for hydroxylation is 1. The number of methoxy groups -OCH3 is 4. The van der Waals surface area contributed by atoms with Crippen molar-refractivity contribution in [1.82, 2.24) is 0 Å². The third kappa shape index (κ3) is 7.59. The van der Waals surface area contributed by atoms with Gasteiger partial charge < -0.3 is 24.3 Å². The van der Waals surface area contributed by atoms with Gasteiger partial charge in [0.1, 0.15) is 18.0 Å². The van der Waals surface area contributed by atoms with Crippen LogP contribution in [0.4, 0.5) is 17.1 Å². The minimum Gasteiger partial charge on any atom is -0.497 e. The van der Waals surface area contributed by atoms with Crippen LogP contribution < -0.4 is 33.3 Å². The van der Waals surface area contributed by atoms with Gasteiger partial charge in [0.15, 0.2) is 11.5 Å². The van der Waals surface area contributed by atoms with Crippen LogP contribution in [0.25, 0.3) is 0 Å². The lowest BCUT2D eigenvalue weighted by molar-refractivity contribution is -0.114. The predicted octanol–water partition coefficient (Wildman–Crippen LogP) is 4.66. The Labute approximate surface area is 262 Å². The minimum absolute atomic E-state index is 0.0808. The summed E-state index contributed by atoms with van der Waals surface area (Å²) in [6.45, 7) is 1.28. The number of ether oxygens (including phenoxy) is 4. The molecule has 0 spiro atoms. The molecule has 0 aliphatic heterocycles. The fourth-order valence-corrected chi connectivity index (χ4v) is 6.77. The highest BCUT2D eigenvalue weighted by molar-refractivity contribution is 7.93. The molecule has 0 heterocycles. The summed E-state index contributed by atoms with van der Waals surface area (Å²) in [6.07, 6.45) is 0. The standard InChI is InChI=1S/C31H33N3O9S2/c1-21-6-10-23(11-7-21)34(45(38,39)26-15-17-29(42-4)30(19-26)43-5)20-31(35)32-22-8-13-25(14-9-22)44(36,37)33-27-18-24(40-2)12-16-28(27)41-3/h6-19,33H,20H2,1-5H3,(H,32,35). The van der Waals surface area contributed by atoms with Crippen molar-refractivity contribution in [3.05, 3.63) is 90.5 Å². The average molecular weight is 656 g/mol. The first kappa shape index (κ1) is 33.0. The molecule has 45 heavy (non-hydrogen) atoms. The fourth-order valence-electron chi connectivity index (χ4n) is 4.28. The van der Waals surface area contributed by atoms with Crippen LogP contribution in [-0.2, 0) is 24.8 Å². The molecule has 14 heteroatoms. The van der Waals surface area contributed by atoms with E-state index >= 15 is 0 Å². The van der Waals surface area contributed by atoms with E-state index in [-0.39, 0.29) is 32.6 Å². The number of carbonyl (C=O) groups is 1. The third-order valence-corrected chi connectivity index (χ3v) is 9.80. The maximum absolute atomic E-state index is 13.8. The highest BCUT2D eigenvalue weighted by atomic mass is 32.2. The van der Waals surface area contributed by atoms with Crippen molar-refractivity contribution in [2.45, 2.75) is 16.7 Å². The molecule has 4 rings (SSSR count). The highest BCUT2D eigenvalue weighted by Crippen LogP contribution is 2.33. The Morgan fingerprint density at radius 2 is 1.29 bits per heavy atom. The fraction of sp³-hybridized carbons (Fsp3) is 0.194. The monoisotopic (exact) mass is 655 g/mol. The first-order valence-corrected chi connectivity index (χ1v) is 16.3. The van der Waals surface area contributed by atoms with Gasteiger partial charge in [-0.1, -0.05) is 17.7 Å². The predicted molar refractivity (Wildman–Crippen MR) is 171 cm³/mol. The van der Waals surface area contributed by atoms with Gasteiger partial charge in [-0.3, -0.25) is 13.8 Å². The van der Waals surface area contributed by atoms with E-state index in [1.54, 1.807) is 36.4 Å². The summed E-state index contributed by atoms with van der Waals surface area (Å²) in [4.78, 5) is 13.0. The molecular formula is C31H33N3O9S2. The molecule has 238 valence electrons. The van der Waals surface area contributed by atoms with Crippen molar-refractivity contribution in [3.8, 4) is 23.0 Å². The zero-order valence-corrected chi connectivity index (χ0v) is 26.9. The van der Waals surface area contributed by atoms with Crippen LogP contribution in [0.3, 0.4) is 0 Å². The zero-order chi connectivity index (χ0) is 32.8. The summed E-state index contributed by atoms with van der Waals surface area (Å²) in [6, 6.07) is 20.9. The van der Waals surface area contributed by atoms with Crippen LogP contribution in [0.1, 0.15) is 5.56 Å². The van der Waals surface area contributed by atoms with Gasteiger partial charge in [-0.25, -0.2) is 16.8 Å². The summed E-state index contributed by atoms with van der Waals surface area (Å²) in [5, 5.41) is 2.64. The Kier molecular flexibility index (Phi) is 10.1. The Hall–Kier alpha value is -4.95. The molecule has 0 unspecified atom stereocenters. The van der Waals surface area contributed by atoms with Crippen LogP contribution in [0.15, 0.2) is 94.7 Å². The molecular weight excluding hydrogens is 622 g/mol. The van der Waals surface area contributed by atoms with Crippen LogP contribution in [0.2, 0.25) is 0 Å². The van der Waals surface area contributed by atoms with Gasteiger partial charge in [0.2, 0.25) is 5.91 Å². The third-order valence-electron chi connectivity index (χ3n) is 6.65. The maximum atomic E-state index is 13.8. The molecule has 0 atom stereocenters. The number of anilines is 3. The summed E-state index contributed by atoms with van der Waals surface area (Å²) >= 11 is 0. The second-order valence-electron chi connectivity index (χ2n) is 9.61. The van der Waals surface area contributed by atoms with E-state index in [1.807, 2.05) is 6.92 Å². The molecule has 0 radical (unpaired) electrons. The second-order valence-corrected chi connectivity index (χ2v) is 13.2. The molecule has 0 bridgehead atoms. The molecule has 0 aliphatic rings. The van der Waals surface area contributed by atoms with E-state index in [2.05, 4.69) is 10.0 Å². The maximum Gasteiger partial charge on any atom is 0.264 e. The quantitative estimate of drug-likeness (QED) is 0.210. The van der Waals surface area contributed by atoms with E-state index in [4.69, 9.17) is 18.9 Å². The molecule has 0 fully saturated rings. The van der Waals surface area contributed by atoms with Crippen molar-refractivity contribution in [3.63, 3.8) is 0 Å². The second kappa shape index (κ2) is 13.8. The van der Waals surface area contributed by atoms with Gasteiger partial charge in [0.05, 0.1) is 49.6 Å². The van der Waals surface area contributed by atoms with Crippen LogP contribution in [0, 0.1) is 6.92 Å². The summed E-state index contributed by atoms with van der Waals surface area (Å²) < 4.78 is 78.2. The number of rotatable bonds is 13. The smallest absolute Gasteiger partial charge is 0.264 e. The number of carbonyl (C=O) groups excluding carboxylic acids is 1. The van der Waals surface area contributed by atoms with Crippen molar-refractivity contribution < 1.29 is 40.6 Å². The van der Waals surface area contributed by atoms with Gasteiger partial charge in [-0.15, -0.1) is 0 Å². The zero-order valence-electron chi connectivity index (χ0n) is 25.2. The molecule has 0 saturated heterocycles. The van der Waals surface area contributed by atoms with E-state index < -0.39 is 32.5 Å². The number of hydrogen-bond donors (Lipinski definition) is 2. The molecule has 12 nitrogen and oxygen atoms in total. The number of nitrogens with one attached hydrogen (secondary N) is 2. The number of sulfonamides is 2. The molecule has 0 aliphatic carbocycles. The first-order valence-electron chi connectivity index (χ1n) is 13.4. The van der Waals surface area contributed by atoms with Gasteiger partial charge >= 0.3 is 0 Å². The number of nitrogens with zero attached hydrogens (tertiary/aromatic N) is 1. The molecule has 1 amide bonds. The van der Waals surface area contributed by atoms with Gasteiger partial charge in [-0.2, -0.15) is 0 Å². The van der Waals surface area contributed by atoms with Gasteiger partial charge in [-0.05, 0) is 67.6 Å². The van der Waals surface area contributed by atoms with Crippen molar-refractivity contribution in [2.24, 2.45) is 0 Å². The SMILES string of the molecule is COc1ccc(OC)c(NS(=O)(=O)c2ccc(NC(=O)CN(c3ccc(C)cc3)S(=O)(=O)c3ccc(OC)c(OC)c3)cc2)c1.